The molecule has 0 aliphatic carbocycles. The second kappa shape index (κ2) is 10.5. The number of alkyl halides is 6. The van der Waals surface area contributed by atoms with Crippen LogP contribution < -0.4 is 0 Å². The van der Waals surface area contributed by atoms with Gasteiger partial charge < -0.3 is 9.13 Å². The van der Waals surface area contributed by atoms with E-state index in [4.69, 9.17) is 0 Å². The highest BCUT2D eigenvalue weighted by atomic mass is 19.4. The van der Waals surface area contributed by atoms with Crippen LogP contribution >= 0.6 is 0 Å². The number of hydrogen-bond acceptors (Lipinski definition) is 0. The van der Waals surface area contributed by atoms with Crippen LogP contribution in [0, 0.1) is 13.8 Å². The van der Waals surface area contributed by atoms with Crippen LogP contribution in [0.15, 0.2) is 121 Å². The minimum Gasteiger partial charge on any atom is -0.309 e. The second-order valence-electron chi connectivity index (χ2n) is 12.2. The summed E-state index contributed by atoms with van der Waals surface area (Å²) in [4.78, 5) is 0. The lowest BCUT2D eigenvalue weighted by Gasteiger charge is -2.24. The highest BCUT2D eigenvalue weighted by Gasteiger charge is 2.40. The first-order valence-electron chi connectivity index (χ1n) is 15.3. The third-order valence-corrected chi connectivity index (χ3v) is 9.06. The summed E-state index contributed by atoms with van der Waals surface area (Å²) in [5.74, 6) is 0. The third kappa shape index (κ3) is 4.58. The molecule has 6 aromatic carbocycles. The number of aryl methyl sites for hydroxylation is 2. The fraction of sp³-hybridized carbons (Fsp3) is 0.100. The van der Waals surface area contributed by atoms with Gasteiger partial charge >= 0.3 is 12.4 Å². The maximum absolute atomic E-state index is 15.8. The van der Waals surface area contributed by atoms with Gasteiger partial charge in [-0.05, 0) is 79.6 Å². The van der Waals surface area contributed by atoms with Crippen molar-refractivity contribution in [2.75, 3.05) is 0 Å². The average Bonchev–Trinajstić information content (AvgIpc) is 3.55. The summed E-state index contributed by atoms with van der Waals surface area (Å²) >= 11 is 0. The zero-order chi connectivity index (χ0) is 33.5. The second-order valence-corrected chi connectivity index (χ2v) is 12.2. The first kappa shape index (κ1) is 29.9. The molecule has 0 saturated carbocycles. The molecule has 0 amide bonds. The first-order chi connectivity index (χ1) is 22.9. The van der Waals surface area contributed by atoms with E-state index in [0.717, 1.165) is 38.7 Å². The normalized spacial score (nSPS) is 12.6. The number of rotatable bonds is 3. The molecule has 0 aliphatic heterocycles. The van der Waals surface area contributed by atoms with E-state index in [1.807, 2.05) is 62.4 Å². The molecule has 8 aromatic rings. The molecule has 0 saturated heterocycles. The number of aromatic nitrogens is 2. The highest BCUT2D eigenvalue weighted by molar-refractivity contribution is 6.11. The van der Waals surface area contributed by atoms with Gasteiger partial charge in [0, 0.05) is 21.5 Å². The Hall–Kier alpha value is -5.50. The lowest BCUT2D eigenvalue weighted by atomic mass is 9.95. The molecule has 0 radical (unpaired) electrons. The molecule has 0 N–H and O–H groups in total. The van der Waals surface area contributed by atoms with E-state index >= 15 is 13.2 Å². The van der Waals surface area contributed by atoms with Gasteiger partial charge in [-0.1, -0.05) is 77.9 Å². The van der Waals surface area contributed by atoms with Gasteiger partial charge in [0.2, 0.25) is 0 Å². The molecular formula is C40H26F6N2. The van der Waals surface area contributed by atoms with Gasteiger partial charge in [-0.25, -0.2) is 0 Å². The van der Waals surface area contributed by atoms with Gasteiger partial charge in [-0.3, -0.25) is 0 Å². The Kier molecular flexibility index (Phi) is 6.54. The number of para-hydroxylation sites is 2. The summed E-state index contributed by atoms with van der Waals surface area (Å²) in [5, 5.41) is 2.96. The molecule has 0 atom stereocenters. The number of nitrogens with zero attached hydrogens (tertiary/aromatic N) is 2. The largest absolute Gasteiger partial charge is 0.420 e. The Morgan fingerprint density at radius 2 is 0.875 bits per heavy atom. The van der Waals surface area contributed by atoms with Crippen LogP contribution in [-0.4, -0.2) is 9.13 Å². The van der Waals surface area contributed by atoms with Crippen molar-refractivity contribution in [2.24, 2.45) is 0 Å². The molecule has 238 valence electrons. The molecule has 0 spiro atoms. The predicted molar refractivity (Wildman–Crippen MR) is 180 cm³/mol. The molecule has 2 aromatic heterocycles. The molecular weight excluding hydrogens is 622 g/mol. The Bertz CT molecular complexity index is 2420. The Balaban J connectivity index is 1.62. The smallest absolute Gasteiger partial charge is 0.309 e. The van der Waals surface area contributed by atoms with Crippen molar-refractivity contribution in [3.05, 3.63) is 144 Å². The van der Waals surface area contributed by atoms with Crippen molar-refractivity contribution in [3.63, 3.8) is 0 Å². The van der Waals surface area contributed by atoms with Crippen molar-refractivity contribution in [3.8, 4) is 22.5 Å². The maximum atomic E-state index is 15.8. The van der Waals surface area contributed by atoms with Crippen LogP contribution in [0.25, 0.3) is 66.1 Å². The molecule has 8 heteroatoms. The average molecular weight is 649 g/mol. The van der Waals surface area contributed by atoms with Gasteiger partial charge in [0.15, 0.2) is 0 Å². The van der Waals surface area contributed by atoms with Crippen molar-refractivity contribution in [2.45, 2.75) is 26.2 Å². The molecule has 0 aliphatic rings. The third-order valence-electron chi connectivity index (χ3n) is 9.06. The minimum atomic E-state index is -4.91. The quantitative estimate of drug-likeness (QED) is 0.169. The lowest BCUT2D eigenvalue weighted by Crippen LogP contribution is -2.16. The number of halogens is 6. The van der Waals surface area contributed by atoms with E-state index in [1.54, 1.807) is 36.4 Å². The van der Waals surface area contributed by atoms with E-state index in [0.29, 0.717) is 22.1 Å². The van der Waals surface area contributed by atoms with Crippen LogP contribution in [0.1, 0.15) is 22.3 Å². The van der Waals surface area contributed by atoms with Gasteiger partial charge in [0.05, 0.1) is 39.0 Å². The van der Waals surface area contributed by atoms with Gasteiger partial charge in [-0.15, -0.1) is 0 Å². The van der Waals surface area contributed by atoms with E-state index < -0.39 is 23.5 Å². The van der Waals surface area contributed by atoms with Gasteiger partial charge in [0.1, 0.15) is 5.56 Å². The van der Waals surface area contributed by atoms with E-state index in [-0.39, 0.29) is 22.5 Å². The fourth-order valence-electron chi connectivity index (χ4n) is 7.09. The van der Waals surface area contributed by atoms with Gasteiger partial charge in [0.25, 0.3) is 0 Å². The van der Waals surface area contributed by atoms with Gasteiger partial charge in [-0.2, -0.15) is 26.3 Å². The number of hydrogen-bond donors (Lipinski definition) is 0. The van der Waals surface area contributed by atoms with Crippen LogP contribution in [0.5, 0.6) is 0 Å². The summed E-state index contributed by atoms with van der Waals surface area (Å²) in [5.41, 5.74) is 1.27. The molecule has 0 fully saturated rings. The highest BCUT2D eigenvalue weighted by Crippen LogP contribution is 2.47. The SMILES string of the molecule is Cc1ccc2c(c1)c1ccccc1n2-c1cc(-c2ccccc2C(F)(F)F)cc(-n2c3ccccc3c3cc(C)ccc32)c1C(F)(F)F. The minimum absolute atomic E-state index is 0.0111. The molecule has 2 heterocycles. The Labute approximate surface area is 271 Å². The predicted octanol–water partition coefficient (Wildman–Crippen LogP) is 12.2. The summed E-state index contributed by atoms with van der Waals surface area (Å²) < 4.78 is 93.9. The van der Waals surface area contributed by atoms with Crippen molar-refractivity contribution < 1.29 is 26.3 Å². The van der Waals surface area contributed by atoms with E-state index in [9.17, 15) is 13.2 Å². The summed E-state index contributed by atoms with van der Waals surface area (Å²) in [6.07, 6.45) is -9.65. The maximum Gasteiger partial charge on any atom is 0.420 e. The standard InChI is InChI=1S/C40H26F6N2/c1-23-15-17-34-29(19-23)27-10-4-7-13-32(27)47(34)36-21-25(26-9-3-6-12-31(26)39(41,42)43)22-37(38(36)40(44,45)46)48-33-14-8-5-11-28(33)30-20-24(2)16-18-35(30)48/h3-22H,1-2H3. The number of fused-ring (bicyclic) bond motifs is 6. The van der Waals surface area contributed by atoms with Crippen LogP contribution in [0.3, 0.4) is 0 Å². The summed E-state index contributed by atoms with van der Waals surface area (Å²) in [6.45, 7) is 3.81. The summed E-state index contributed by atoms with van der Waals surface area (Å²) in [6, 6.07) is 32.8. The molecule has 48 heavy (non-hydrogen) atoms. The zero-order valence-electron chi connectivity index (χ0n) is 25.7. The Morgan fingerprint density at radius 1 is 0.438 bits per heavy atom. The lowest BCUT2D eigenvalue weighted by molar-refractivity contribution is -0.138. The number of benzene rings is 6. The molecule has 0 bridgehead atoms. The monoisotopic (exact) mass is 648 g/mol. The Morgan fingerprint density at radius 3 is 1.35 bits per heavy atom. The van der Waals surface area contributed by atoms with Crippen molar-refractivity contribution in [1.82, 2.24) is 9.13 Å². The zero-order valence-corrected chi connectivity index (χ0v) is 25.7. The van der Waals surface area contributed by atoms with Crippen molar-refractivity contribution >= 4 is 43.6 Å². The summed E-state index contributed by atoms with van der Waals surface area (Å²) in [7, 11) is 0. The molecule has 2 nitrogen and oxygen atoms in total. The van der Waals surface area contributed by atoms with E-state index in [2.05, 4.69) is 0 Å². The fourth-order valence-corrected chi connectivity index (χ4v) is 7.09. The van der Waals surface area contributed by atoms with Crippen LogP contribution in [0.4, 0.5) is 26.3 Å². The molecule has 8 rings (SSSR count). The van der Waals surface area contributed by atoms with Crippen LogP contribution in [0.2, 0.25) is 0 Å². The topological polar surface area (TPSA) is 9.86 Å². The first-order valence-corrected chi connectivity index (χ1v) is 15.3. The van der Waals surface area contributed by atoms with Crippen molar-refractivity contribution in [1.29, 1.82) is 0 Å². The van der Waals surface area contributed by atoms with Crippen LogP contribution in [-0.2, 0) is 12.4 Å². The van der Waals surface area contributed by atoms with E-state index in [1.165, 1.54) is 39.5 Å². The molecule has 0 unspecified atom stereocenters.